The minimum absolute atomic E-state index is 0.151. The third kappa shape index (κ3) is 3.27. The Labute approximate surface area is 123 Å². The van der Waals surface area contributed by atoms with Crippen LogP contribution in [-0.2, 0) is 9.47 Å². The maximum absolute atomic E-state index is 11.7. The Morgan fingerprint density at radius 2 is 1.29 bits per heavy atom. The number of carbonyl (C=O) groups excluding carboxylic acids is 1. The van der Waals surface area contributed by atoms with E-state index in [9.17, 15) is 4.79 Å². The van der Waals surface area contributed by atoms with Crippen LogP contribution in [-0.4, -0.2) is 73.3 Å². The number of Topliss-reactive ketones (excluding diaryl/α,β-unsaturated/α-hetero) is 1. The molecule has 2 aliphatic rings. The molecule has 0 aliphatic carbocycles. The first kappa shape index (κ1) is 14.2. The van der Waals surface area contributed by atoms with E-state index in [2.05, 4.69) is 15.0 Å². The molecule has 0 spiro atoms. The van der Waals surface area contributed by atoms with Crippen LogP contribution in [0.4, 0.5) is 11.9 Å². The van der Waals surface area contributed by atoms with Gasteiger partial charge in [0.1, 0.15) is 0 Å². The monoisotopic (exact) mass is 293 g/mol. The molecule has 0 radical (unpaired) electrons. The maximum Gasteiger partial charge on any atom is 0.230 e. The molecule has 8 nitrogen and oxygen atoms in total. The zero-order chi connectivity index (χ0) is 14.7. The Morgan fingerprint density at radius 3 is 1.67 bits per heavy atom. The summed E-state index contributed by atoms with van der Waals surface area (Å²) >= 11 is 0. The Bertz CT molecular complexity index is 476. The molecule has 2 saturated heterocycles. The molecule has 2 aliphatic heterocycles. The number of aromatic nitrogens is 3. The van der Waals surface area contributed by atoms with Crippen molar-refractivity contribution >= 4 is 17.7 Å². The van der Waals surface area contributed by atoms with Gasteiger partial charge in [0.2, 0.25) is 17.7 Å². The summed E-state index contributed by atoms with van der Waals surface area (Å²) in [5.74, 6) is 1.18. The summed E-state index contributed by atoms with van der Waals surface area (Å²) in [6.07, 6.45) is 0. The van der Waals surface area contributed by atoms with E-state index in [0.717, 1.165) is 26.2 Å². The summed E-state index contributed by atoms with van der Waals surface area (Å²) in [5.41, 5.74) is 0. The zero-order valence-corrected chi connectivity index (χ0v) is 12.1. The lowest BCUT2D eigenvalue weighted by molar-refractivity contribution is 0.100. The van der Waals surface area contributed by atoms with Crippen molar-refractivity contribution in [1.29, 1.82) is 0 Å². The number of anilines is 2. The van der Waals surface area contributed by atoms with E-state index >= 15 is 0 Å². The standard InChI is InChI=1S/C13H19N5O3/c1-10(19)11-14-12(17-2-6-20-7-3-17)16-13(15-11)18-4-8-21-9-5-18/h2-9H2,1H3. The van der Waals surface area contributed by atoms with Crippen LogP contribution < -0.4 is 9.80 Å². The average Bonchev–Trinajstić information content (AvgIpc) is 2.56. The number of rotatable bonds is 3. The highest BCUT2D eigenvalue weighted by Crippen LogP contribution is 2.16. The number of ether oxygens (including phenoxy) is 2. The van der Waals surface area contributed by atoms with Gasteiger partial charge in [-0.15, -0.1) is 0 Å². The maximum atomic E-state index is 11.7. The van der Waals surface area contributed by atoms with Crippen molar-refractivity contribution in [2.24, 2.45) is 0 Å². The second-order valence-electron chi connectivity index (χ2n) is 5.01. The normalized spacial score (nSPS) is 19.7. The predicted octanol–water partition coefficient (Wildman–Crippen LogP) is -0.253. The summed E-state index contributed by atoms with van der Waals surface area (Å²) in [6.45, 7) is 6.97. The molecule has 0 N–H and O–H groups in total. The lowest BCUT2D eigenvalue weighted by atomic mass is 10.4. The Kier molecular flexibility index (Phi) is 4.26. The fourth-order valence-corrected chi connectivity index (χ4v) is 2.32. The molecule has 21 heavy (non-hydrogen) atoms. The summed E-state index contributed by atoms with van der Waals surface area (Å²) in [5, 5.41) is 0. The van der Waals surface area contributed by atoms with Crippen molar-refractivity contribution in [2.75, 3.05) is 62.4 Å². The van der Waals surface area contributed by atoms with Gasteiger partial charge in [-0.25, -0.2) is 0 Å². The van der Waals surface area contributed by atoms with E-state index < -0.39 is 0 Å². The van der Waals surface area contributed by atoms with E-state index in [0.29, 0.717) is 38.3 Å². The third-order valence-corrected chi connectivity index (χ3v) is 3.51. The van der Waals surface area contributed by atoms with E-state index in [1.807, 2.05) is 9.80 Å². The largest absolute Gasteiger partial charge is 0.378 e. The second-order valence-corrected chi connectivity index (χ2v) is 5.01. The molecular formula is C13H19N5O3. The molecular weight excluding hydrogens is 274 g/mol. The van der Waals surface area contributed by atoms with E-state index in [1.165, 1.54) is 6.92 Å². The van der Waals surface area contributed by atoms with Crippen LogP contribution >= 0.6 is 0 Å². The van der Waals surface area contributed by atoms with Gasteiger partial charge in [-0.2, -0.15) is 15.0 Å². The summed E-state index contributed by atoms with van der Waals surface area (Å²) < 4.78 is 10.7. The molecule has 114 valence electrons. The summed E-state index contributed by atoms with van der Waals surface area (Å²) in [6, 6.07) is 0. The zero-order valence-electron chi connectivity index (χ0n) is 12.1. The molecule has 0 atom stereocenters. The summed E-state index contributed by atoms with van der Waals surface area (Å²) in [4.78, 5) is 28.8. The van der Waals surface area contributed by atoms with Crippen molar-refractivity contribution in [3.63, 3.8) is 0 Å². The molecule has 1 aromatic heterocycles. The van der Waals surface area contributed by atoms with Crippen molar-refractivity contribution in [1.82, 2.24) is 15.0 Å². The number of ketones is 1. The number of hydrogen-bond donors (Lipinski definition) is 0. The quantitative estimate of drug-likeness (QED) is 0.706. The van der Waals surface area contributed by atoms with E-state index in [1.54, 1.807) is 0 Å². The minimum Gasteiger partial charge on any atom is -0.378 e. The minimum atomic E-state index is -0.151. The lowest BCUT2D eigenvalue weighted by Gasteiger charge is -2.30. The molecule has 0 amide bonds. The number of morpholine rings is 2. The first-order valence-electron chi connectivity index (χ1n) is 7.16. The van der Waals surface area contributed by atoms with Gasteiger partial charge in [-0.1, -0.05) is 0 Å². The van der Waals surface area contributed by atoms with Crippen LogP contribution in [0, 0.1) is 0 Å². The fraction of sp³-hybridized carbons (Fsp3) is 0.692. The van der Waals surface area contributed by atoms with Crippen molar-refractivity contribution in [3.05, 3.63) is 5.82 Å². The highest BCUT2D eigenvalue weighted by atomic mass is 16.5. The molecule has 0 aromatic carbocycles. The van der Waals surface area contributed by atoms with Gasteiger partial charge in [0.25, 0.3) is 0 Å². The van der Waals surface area contributed by atoms with Gasteiger partial charge in [0, 0.05) is 33.1 Å². The molecule has 0 unspecified atom stereocenters. The van der Waals surface area contributed by atoms with Crippen LogP contribution in [0.5, 0.6) is 0 Å². The molecule has 2 fully saturated rings. The van der Waals surface area contributed by atoms with Crippen LogP contribution in [0.1, 0.15) is 17.5 Å². The Morgan fingerprint density at radius 1 is 0.857 bits per heavy atom. The van der Waals surface area contributed by atoms with Crippen LogP contribution in [0.25, 0.3) is 0 Å². The fourth-order valence-electron chi connectivity index (χ4n) is 2.32. The Balaban J connectivity index is 1.91. The lowest BCUT2D eigenvalue weighted by Crippen LogP contribution is -2.40. The first-order chi connectivity index (χ1) is 10.2. The number of nitrogens with zero attached hydrogens (tertiary/aromatic N) is 5. The van der Waals surface area contributed by atoms with Gasteiger partial charge >= 0.3 is 0 Å². The van der Waals surface area contributed by atoms with Gasteiger partial charge in [0.15, 0.2) is 5.78 Å². The van der Waals surface area contributed by atoms with Gasteiger partial charge in [-0.3, -0.25) is 4.79 Å². The second kappa shape index (κ2) is 6.31. The molecule has 8 heteroatoms. The van der Waals surface area contributed by atoms with Crippen LogP contribution in [0.3, 0.4) is 0 Å². The third-order valence-electron chi connectivity index (χ3n) is 3.51. The predicted molar refractivity (Wildman–Crippen MR) is 75.9 cm³/mol. The smallest absolute Gasteiger partial charge is 0.230 e. The molecule has 3 heterocycles. The highest BCUT2D eigenvalue weighted by molar-refractivity contribution is 5.90. The number of carbonyl (C=O) groups is 1. The van der Waals surface area contributed by atoms with Crippen LogP contribution in [0.2, 0.25) is 0 Å². The summed E-state index contributed by atoms with van der Waals surface area (Å²) in [7, 11) is 0. The number of hydrogen-bond acceptors (Lipinski definition) is 8. The SMILES string of the molecule is CC(=O)c1nc(N2CCOCC2)nc(N2CCOCC2)n1. The average molecular weight is 293 g/mol. The molecule has 0 bridgehead atoms. The van der Waals surface area contributed by atoms with Crippen LogP contribution in [0.15, 0.2) is 0 Å². The van der Waals surface area contributed by atoms with Gasteiger partial charge in [-0.05, 0) is 0 Å². The van der Waals surface area contributed by atoms with Crippen molar-refractivity contribution < 1.29 is 14.3 Å². The highest BCUT2D eigenvalue weighted by Gasteiger charge is 2.21. The van der Waals surface area contributed by atoms with Crippen molar-refractivity contribution in [2.45, 2.75) is 6.92 Å². The molecule has 1 aromatic rings. The van der Waals surface area contributed by atoms with Gasteiger partial charge < -0.3 is 19.3 Å². The van der Waals surface area contributed by atoms with Crippen molar-refractivity contribution in [3.8, 4) is 0 Å². The topological polar surface area (TPSA) is 80.7 Å². The van der Waals surface area contributed by atoms with E-state index in [-0.39, 0.29) is 11.6 Å². The van der Waals surface area contributed by atoms with E-state index in [4.69, 9.17) is 9.47 Å². The molecule has 3 rings (SSSR count). The van der Waals surface area contributed by atoms with Gasteiger partial charge in [0.05, 0.1) is 26.4 Å². The first-order valence-corrected chi connectivity index (χ1v) is 7.16. The Hall–Kier alpha value is -1.80. The molecule has 0 saturated carbocycles.